The molecule has 24 heavy (non-hydrogen) atoms. The molecule has 0 atom stereocenters. The van der Waals surface area contributed by atoms with Crippen LogP contribution in [0.1, 0.15) is 0 Å². The molecule has 5 nitrogen and oxygen atoms in total. The molecule has 0 saturated heterocycles. The van der Waals surface area contributed by atoms with Crippen molar-refractivity contribution in [2.45, 2.75) is 0 Å². The van der Waals surface area contributed by atoms with Gasteiger partial charge in [0.15, 0.2) is 0 Å². The number of rotatable bonds is 2. The lowest BCUT2D eigenvalue weighted by atomic mass is 10.1. The summed E-state index contributed by atoms with van der Waals surface area (Å²) in [7, 11) is -4.94. The van der Waals surface area contributed by atoms with Crippen LogP contribution >= 0.6 is 11.6 Å². The Kier molecular flexibility index (Phi) is 6.28. The molecule has 3 rings (SSSR count). The maximum Gasteiger partial charge on any atom is 0.360 e. The Morgan fingerprint density at radius 2 is 1.08 bits per heavy atom. The fourth-order valence-electron chi connectivity index (χ4n) is 1.94. The number of hydrogen-bond acceptors (Lipinski definition) is 4. The summed E-state index contributed by atoms with van der Waals surface area (Å²) < 4.78 is 39.9. The second-order valence-corrected chi connectivity index (χ2v) is 5.80. The van der Waals surface area contributed by atoms with Crippen LogP contribution in [0.15, 0.2) is 77.2 Å². The van der Waals surface area contributed by atoms with E-state index in [0.29, 0.717) is 0 Å². The molecule has 0 aliphatic heterocycles. The lowest BCUT2D eigenvalue weighted by Gasteiger charge is -2.17. The van der Waals surface area contributed by atoms with Gasteiger partial charge in [-0.25, -0.2) is 23.1 Å². The molecular formula is C17H12Cl2O5. The Morgan fingerprint density at radius 1 is 0.625 bits per heavy atom. The fourth-order valence-corrected chi connectivity index (χ4v) is 2.06. The van der Waals surface area contributed by atoms with Crippen molar-refractivity contribution < 1.29 is 33.3 Å². The second-order valence-electron chi connectivity index (χ2n) is 4.61. The molecule has 0 spiro atoms. The van der Waals surface area contributed by atoms with Crippen LogP contribution in [-0.2, 0) is 0 Å². The van der Waals surface area contributed by atoms with Crippen LogP contribution in [0.4, 0.5) is 0 Å². The molecule has 1 heterocycles. The fraction of sp³-hybridized carbons (Fsp3) is 0. The zero-order valence-electron chi connectivity index (χ0n) is 12.2. The van der Waals surface area contributed by atoms with Gasteiger partial charge in [0.25, 0.3) is 0 Å². The smallest absolute Gasteiger partial charge is 0.222 e. The first kappa shape index (κ1) is 18.4. The van der Waals surface area contributed by atoms with Crippen molar-refractivity contribution in [2.75, 3.05) is 0 Å². The molecule has 2 aromatic carbocycles. The van der Waals surface area contributed by atoms with Crippen molar-refractivity contribution in [3.8, 4) is 22.6 Å². The maximum absolute atomic E-state index is 8.49. The number of hydrogen-bond donors (Lipinski definition) is 0. The zero-order valence-corrected chi connectivity index (χ0v) is 13.7. The molecule has 0 saturated carbocycles. The summed E-state index contributed by atoms with van der Waals surface area (Å²) in [4.78, 5) is 0. The highest BCUT2D eigenvalue weighted by Gasteiger charge is 2.16. The van der Waals surface area contributed by atoms with Crippen molar-refractivity contribution in [3.05, 3.63) is 77.8 Å². The van der Waals surface area contributed by atoms with Crippen LogP contribution in [-0.4, -0.2) is 0 Å². The van der Waals surface area contributed by atoms with Crippen molar-refractivity contribution in [2.24, 2.45) is 0 Å². The SMILES string of the molecule is Clc1ccc(-c2cccc(-c3ccccc3)[o+]2)cc1.[O-][Cl+3]([O-])([O-])[O-]. The van der Waals surface area contributed by atoms with E-state index in [4.69, 9.17) is 34.7 Å². The summed E-state index contributed by atoms with van der Waals surface area (Å²) in [5.41, 5.74) is 2.08. The predicted molar refractivity (Wildman–Crippen MR) is 79.0 cm³/mol. The van der Waals surface area contributed by atoms with Crippen LogP contribution < -0.4 is 18.6 Å². The van der Waals surface area contributed by atoms with Gasteiger partial charge in [0.1, 0.15) is 0 Å². The van der Waals surface area contributed by atoms with E-state index in [-0.39, 0.29) is 0 Å². The van der Waals surface area contributed by atoms with Gasteiger partial charge < -0.3 is 0 Å². The van der Waals surface area contributed by atoms with Gasteiger partial charge >= 0.3 is 11.5 Å². The molecule has 1 aromatic heterocycles. The molecule has 0 bridgehead atoms. The monoisotopic (exact) mass is 366 g/mol. The Balaban J connectivity index is 0.000000368. The Hall–Kier alpha value is -1.99. The van der Waals surface area contributed by atoms with Crippen LogP contribution in [0, 0.1) is 10.2 Å². The van der Waals surface area contributed by atoms with Crippen molar-refractivity contribution >= 4 is 11.6 Å². The first-order valence-electron chi connectivity index (χ1n) is 6.69. The van der Waals surface area contributed by atoms with Gasteiger partial charge in [-0.15, -0.1) is 10.2 Å². The third-order valence-electron chi connectivity index (χ3n) is 2.90. The summed E-state index contributed by atoms with van der Waals surface area (Å²) in [5, 5.41) is 0.725. The van der Waals surface area contributed by atoms with Crippen LogP contribution in [0.5, 0.6) is 0 Å². The standard InChI is InChI=1S/C17H12ClO.ClHO4/c18-15-11-9-14(10-12-15)17-8-4-7-16(19-17)13-5-2-1-3-6-13;2-1(3,4)5/h1-12H;(H,2,3,4,5)/q+1;/p-1. The Labute approximate surface area is 145 Å². The summed E-state index contributed by atoms with van der Waals surface area (Å²) in [6.45, 7) is 0. The average Bonchev–Trinajstić information content (AvgIpc) is 2.55. The summed E-state index contributed by atoms with van der Waals surface area (Å²) in [6.07, 6.45) is 0. The van der Waals surface area contributed by atoms with Crippen molar-refractivity contribution in [3.63, 3.8) is 0 Å². The lowest BCUT2D eigenvalue weighted by molar-refractivity contribution is -2.00. The van der Waals surface area contributed by atoms with Gasteiger partial charge in [0.05, 0.1) is 11.1 Å². The van der Waals surface area contributed by atoms with Crippen LogP contribution in [0.3, 0.4) is 0 Å². The van der Waals surface area contributed by atoms with Gasteiger partial charge in [-0.1, -0.05) is 29.8 Å². The van der Waals surface area contributed by atoms with E-state index >= 15 is 0 Å². The maximum atomic E-state index is 8.49. The molecule has 0 amide bonds. The molecule has 7 heteroatoms. The molecule has 3 aromatic rings. The van der Waals surface area contributed by atoms with E-state index < -0.39 is 10.2 Å². The molecule has 0 aliphatic rings. The lowest BCUT2D eigenvalue weighted by Crippen LogP contribution is -2.68. The molecule has 0 aliphatic carbocycles. The summed E-state index contributed by atoms with van der Waals surface area (Å²) in [5.74, 6) is 1.69. The normalized spacial score (nSPS) is 10.7. The molecule has 0 N–H and O–H groups in total. The highest BCUT2D eigenvalue weighted by Crippen LogP contribution is 2.26. The highest BCUT2D eigenvalue weighted by atomic mass is 35.7. The van der Waals surface area contributed by atoms with Crippen LogP contribution in [0.25, 0.3) is 22.6 Å². The number of benzene rings is 2. The van der Waals surface area contributed by atoms with Gasteiger partial charge in [-0.3, -0.25) is 0 Å². The highest BCUT2D eigenvalue weighted by molar-refractivity contribution is 6.30. The van der Waals surface area contributed by atoms with Gasteiger partial charge in [-0.05, 0) is 42.5 Å². The van der Waals surface area contributed by atoms with Gasteiger partial charge in [-0.2, -0.15) is 0 Å². The molecule has 0 unspecified atom stereocenters. The van der Waals surface area contributed by atoms with Crippen molar-refractivity contribution in [1.82, 2.24) is 0 Å². The topological polar surface area (TPSA) is 104 Å². The minimum atomic E-state index is -4.94. The minimum absolute atomic E-state index is 0.725. The van der Waals surface area contributed by atoms with E-state index in [9.17, 15) is 0 Å². The van der Waals surface area contributed by atoms with E-state index in [1.165, 1.54) is 0 Å². The zero-order chi connectivity index (χ0) is 17.6. The summed E-state index contributed by atoms with van der Waals surface area (Å²) >= 11 is 5.90. The first-order chi connectivity index (χ1) is 11.3. The second kappa shape index (κ2) is 8.21. The molecule has 0 radical (unpaired) electrons. The van der Waals surface area contributed by atoms with E-state index in [1.807, 2.05) is 72.8 Å². The van der Waals surface area contributed by atoms with E-state index in [2.05, 4.69) is 0 Å². The third kappa shape index (κ3) is 6.25. The molecular weight excluding hydrogens is 355 g/mol. The van der Waals surface area contributed by atoms with Gasteiger partial charge in [0.2, 0.25) is 0 Å². The average molecular weight is 367 g/mol. The van der Waals surface area contributed by atoms with Crippen molar-refractivity contribution in [1.29, 1.82) is 0 Å². The summed E-state index contributed by atoms with van der Waals surface area (Å²) in [6, 6.07) is 23.6. The Morgan fingerprint density at radius 3 is 1.58 bits per heavy atom. The van der Waals surface area contributed by atoms with Gasteiger partial charge in [0, 0.05) is 17.2 Å². The molecule has 124 valence electrons. The largest absolute Gasteiger partial charge is 0.360 e. The Bertz CT molecular complexity index is 765. The van der Waals surface area contributed by atoms with E-state index in [1.54, 1.807) is 0 Å². The van der Waals surface area contributed by atoms with E-state index in [0.717, 1.165) is 27.7 Å². The minimum Gasteiger partial charge on any atom is -0.222 e. The number of halogens is 2. The first-order valence-corrected chi connectivity index (χ1v) is 8.30. The molecule has 0 fully saturated rings. The van der Waals surface area contributed by atoms with Crippen LogP contribution in [0.2, 0.25) is 5.02 Å². The predicted octanol–water partition coefficient (Wildman–Crippen LogP) is 0.792. The quantitative estimate of drug-likeness (QED) is 0.623. The third-order valence-corrected chi connectivity index (χ3v) is 3.15.